The second-order valence-electron chi connectivity index (χ2n) is 16.3. The van der Waals surface area contributed by atoms with E-state index in [1.54, 1.807) is 0 Å². The van der Waals surface area contributed by atoms with Crippen LogP contribution in [0.1, 0.15) is 5.56 Å². The maximum atomic E-state index is 10.0. The van der Waals surface area contributed by atoms with Gasteiger partial charge < -0.3 is 4.57 Å². The molecule has 0 bridgehead atoms. The quantitative estimate of drug-likeness (QED) is 0.157. The molecule has 2 heterocycles. The van der Waals surface area contributed by atoms with Crippen LogP contribution in [-0.2, 0) is 0 Å². The fraction of sp³-hybridized carbons (Fsp3) is 0. The summed E-state index contributed by atoms with van der Waals surface area (Å²) in [4.78, 5) is 15.0. The monoisotopic (exact) mass is 799 g/mol. The van der Waals surface area contributed by atoms with Crippen molar-refractivity contribution in [3.63, 3.8) is 0 Å². The van der Waals surface area contributed by atoms with E-state index in [-0.39, 0.29) is 0 Å². The van der Waals surface area contributed by atoms with E-state index in [1.165, 1.54) is 43.4 Å². The lowest BCUT2D eigenvalue weighted by atomic mass is 9.89. The third-order valence-corrected chi connectivity index (χ3v) is 12.8. The van der Waals surface area contributed by atoms with E-state index < -0.39 is 0 Å². The highest BCUT2D eigenvalue weighted by Gasteiger charge is 2.21. The summed E-state index contributed by atoms with van der Waals surface area (Å²) < 4.78 is 2.32. The lowest BCUT2D eigenvalue weighted by Crippen LogP contribution is -2.00. The van der Waals surface area contributed by atoms with Gasteiger partial charge in [0.1, 0.15) is 0 Å². The maximum absolute atomic E-state index is 10.0. The average Bonchev–Trinajstić information content (AvgIpc) is 3.70. The molecule has 290 valence electrons. The van der Waals surface area contributed by atoms with Crippen molar-refractivity contribution in [2.45, 2.75) is 0 Å². The first-order chi connectivity index (χ1) is 31.2. The van der Waals surface area contributed by atoms with Crippen molar-refractivity contribution in [3.8, 4) is 68.2 Å². The fourth-order valence-electron chi connectivity index (χ4n) is 9.87. The topological polar surface area (TPSA) is 67.4 Å². The third-order valence-electron chi connectivity index (χ3n) is 12.8. The molecule has 0 atom stereocenters. The van der Waals surface area contributed by atoms with Gasteiger partial charge in [-0.25, -0.2) is 15.0 Å². The van der Waals surface area contributed by atoms with Gasteiger partial charge in [0.15, 0.2) is 17.5 Å². The first kappa shape index (κ1) is 35.1. The zero-order valence-electron chi connectivity index (χ0n) is 33.8. The summed E-state index contributed by atoms with van der Waals surface area (Å²) in [5.41, 5.74) is 11.6. The lowest BCUT2D eigenvalue weighted by Gasteiger charge is -2.15. The number of aromatic nitrogens is 4. The smallest absolute Gasteiger partial charge is 0.164 e. The molecule has 0 spiro atoms. The Morgan fingerprint density at radius 1 is 0.349 bits per heavy atom. The Hall–Kier alpha value is -8.72. The molecule has 11 aromatic carbocycles. The fourth-order valence-corrected chi connectivity index (χ4v) is 9.87. The number of nitriles is 1. The van der Waals surface area contributed by atoms with Gasteiger partial charge in [-0.1, -0.05) is 146 Å². The minimum absolute atomic E-state index is 0.649. The summed E-state index contributed by atoms with van der Waals surface area (Å²) in [6.07, 6.45) is 0. The predicted molar refractivity (Wildman–Crippen MR) is 258 cm³/mol. The molecule has 0 saturated carbocycles. The highest BCUT2D eigenvalue weighted by molar-refractivity contribution is 6.28. The second-order valence-corrected chi connectivity index (χ2v) is 16.3. The van der Waals surface area contributed by atoms with Gasteiger partial charge in [0, 0.05) is 38.5 Å². The molecular formula is C58H33N5. The number of rotatable bonds is 6. The molecule has 5 heteroatoms. The predicted octanol–water partition coefficient (Wildman–Crippen LogP) is 14.7. The summed E-state index contributed by atoms with van der Waals surface area (Å²) >= 11 is 0. The van der Waals surface area contributed by atoms with Crippen LogP contribution in [0.3, 0.4) is 0 Å². The van der Waals surface area contributed by atoms with Crippen LogP contribution in [0.4, 0.5) is 0 Å². The summed E-state index contributed by atoms with van der Waals surface area (Å²) in [5, 5.41) is 21.7. The van der Waals surface area contributed by atoms with Crippen LogP contribution in [0.2, 0.25) is 0 Å². The first-order valence-corrected chi connectivity index (χ1v) is 21.2. The highest BCUT2D eigenvalue weighted by atomic mass is 15.0. The van der Waals surface area contributed by atoms with Crippen molar-refractivity contribution in [1.29, 1.82) is 5.26 Å². The van der Waals surface area contributed by atoms with Crippen LogP contribution in [-0.4, -0.2) is 19.5 Å². The van der Waals surface area contributed by atoms with E-state index in [4.69, 9.17) is 15.0 Å². The molecule has 0 N–H and O–H groups in total. The number of nitrogens with zero attached hydrogens (tertiary/aromatic N) is 5. The van der Waals surface area contributed by atoms with Crippen LogP contribution < -0.4 is 0 Å². The van der Waals surface area contributed by atoms with Gasteiger partial charge in [-0.2, -0.15) is 5.26 Å². The molecule has 0 radical (unpaired) electrons. The zero-order chi connectivity index (χ0) is 41.6. The Kier molecular flexibility index (Phi) is 7.60. The maximum Gasteiger partial charge on any atom is 0.164 e. The van der Waals surface area contributed by atoms with Gasteiger partial charge in [-0.3, -0.25) is 0 Å². The summed E-state index contributed by atoms with van der Waals surface area (Å²) in [7, 11) is 0. The van der Waals surface area contributed by atoms with Gasteiger partial charge >= 0.3 is 0 Å². The second kappa shape index (κ2) is 13.7. The Bertz CT molecular complexity index is 3820. The largest absolute Gasteiger partial charge is 0.309 e. The molecule has 13 rings (SSSR count). The van der Waals surface area contributed by atoms with Gasteiger partial charge in [0.25, 0.3) is 0 Å². The van der Waals surface area contributed by atoms with Gasteiger partial charge in [0.05, 0.1) is 22.7 Å². The Labute approximate surface area is 362 Å². The first-order valence-electron chi connectivity index (χ1n) is 21.2. The molecule has 0 amide bonds. The van der Waals surface area contributed by atoms with E-state index in [9.17, 15) is 5.26 Å². The summed E-state index contributed by atoms with van der Waals surface area (Å²) in [6.45, 7) is 0. The molecule has 0 aliphatic heterocycles. The Morgan fingerprint density at radius 2 is 0.810 bits per heavy atom. The van der Waals surface area contributed by atoms with E-state index in [1.807, 2.05) is 72.8 Å². The molecule has 13 aromatic rings. The standard InChI is InChI=1S/C58H33N5/c59-34-43-24-28-50-54-48(43)25-26-49-47(27-29-51(55(49)54)63(50)46-14-8-3-9-15-46)36-18-16-35(17-19-36)44-30-39-20-22-41-32-45(33-42-23-21-40(31-44)52(39)53(41)42)58-61-56(37-10-4-1-5-11-37)60-57(62-58)38-12-6-2-7-13-38/h1-33H. The van der Waals surface area contributed by atoms with Gasteiger partial charge in [0.2, 0.25) is 0 Å². The van der Waals surface area contributed by atoms with Crippen LogP contribution >= 0.6 is 0 Å². The number of hydrogen-bond donors (Lipinski definition) is 0. The molecule has 0 unspecified atom stereocenters. The Morgan fingerprint density at radius 3 is 1.37 bits per heavy atom. The van der Waals surface area contributed by atoms with Crippen LogP contribution in [0.15, 0.2) is 200 Å². The summed E-state index contributed by atoms with van der Waals surface area (Å²) in [6, 6.07) is 73.0. The van der Waals surface area contributed by atoms with E-state index >= 15 is 0 Å². The minimum Gasteiger partial charge on any atom is -0.309 e. The van der Waals surface area contributed by atoms with Crippen LogP contribution in [0.25, 0.3) is 127 Å². The zero-order valence-corrected chi connectivity index (χ0v) is 33.8. The average molecular weight is 800 g/mol. The highest BCUT2D eigenvalue weighted by Crippen LogP contribution is 2.44. The lowest BCUT2D eigenvalue weighted by molar-refractivity contribution is 1.07. The van der Waals surface area contributed by atoms with Crippen LogP contribution in [0.5, 0.6) is 0 Å². The van der Waals surface area contributed by atoms with Crippen molar-refractivity contribution in [3.05, 3.63) is 206 Å². The minimum atomic E-state index is 0.649. The van der Waals surface area contributed by atoms with Crippen molar-refractivity contribution >= 4 is 64.9 Å². The van der Waals surface area contributed by atoms with Gasteiger partial charge in [-0.05, 0) is 115 Å². The van der Waals surface area contributed by atoms with E-state index in [0.29, 0.717) is 23.0 Å². The molecule has 0 aliphatic carbocycles. The summed E-state index contributed by atoms with van der Waals surface area (Å²) in [5.74, 6) is 1.95. The molecule has 0 fully saturated rings. The number of para-hydroxylation sites is 1. The van der Waals surface area contributed by atoms with Crippen molar-refractivity contribution in [1.82, 2.24) is 19.5 Å². The third kappa shape index (κ3) is 5.45. The molecular weight excluding hydrogens is 767 g/mol. The number of hydrogen-bond acceptors (Lipinski definition) is 4. The normalized spacial score (nSPS) is 11.8. The van der Waals surface area contributed by atoms with Crippen molar-refractivity contribution < 1.29 is 0 Å². The van der Waals surface area contributed by atoms with Crippen molar-refractivity contribution in [2.24, 2.45) is 0 Å². The SMILES string of the molecule is N#Cc1ccc2c3c1ccc1c(-c4ccc(-c5cc6ccc7cc(-c8nc(-c9ccccc9)nc(-c9ccccc9)n8)cc8ccc(c5)c6c78)cc4)ccc(c13)n2-c1ccccc1. The van der Waals surface area contributed by atoms with Crippen molar-refractivity contribution in [2.75, 3.05) is 0 Å². The molecule has 2 aromatic heterocycles. The number of benzene rings is 11. The van der Waals surface area contributed by atoms with Crippen LogP contribution in [0, 0.1) is 11.3 Å². The molecule has 63 heavy (non-hydrogen) atoms. The Balaban J connectivity index is 0.889. The van der Waals surface area contributed by atoms with E-state index in [2.05, 4.69) is 138 Å². The molecule has 5 nitrogen and oxygen atoms in total. The van der Waals surface area contributed by atoms with E-state index in [0.717, 1.165) is 66.1 Å². The van der Waals surface area contributed by atoms with Gasteiger partial charge in [-0.15, -0.1) is 0 Å². The molecule has 0 aliphatic rings. The molecule has 0 saturated heterocycles.